The van der Waals surface area contributed by atoms with Crippen molar-refractivity contribution in [1.82, 2.24) is 20.4 Å². The topological polar surface area (TPSA) is 88.6 Å². The number of carbonyl (C=O) groups excluding carboxylic acids is 1. The average molecular weight is 434 g/mol. The zero-order valence-electron chi connectivity index (χ0n) is 17.3. The molecule has 1 aromatic heterocycles. The minimum Gasteiger partial charge on any atom is -0.496 e. The minimum absolute atomic E-state index is 0.0360. The molecule has 30 heavy (non-hydrogen) atoms. The Morgan fingerprint density at radius 1 is 1.23 bits per heavy atom. The van der Waals surface area contributed by atoms with Crippen LogP contribution in [0.5, 0.6) is 5.75 Å². The van der Waals surface area contributed by atoms with Gasteiger partial charge in [0.2, 0.25) is 0 Å². The molecule has 0 saturated carbocycles. The highest BCUT2D eigenvalue weighted by molar-refractivity contribution is 6.29. The molecule has 2 aromatic rings. The molecule has 9 heteroatoms. The smallest absolute Gasteiger partial charge is 0.255 e. The summed E-state index contributed by atoms with van der Waals surface area (Å²) in [6, 6.07) is 10.7. The molecule has 3 rings (SSSR count). The van der Waals surface area contributed by atoms with Crippen molar-refractivity contribution in [1.29, 1.82) is 0 Å². The van der Waals surface area contributed by atoms with Crippen LogP contribution in [0.25, 0.3) is 0 Å². The minimum atomic E-state index is -0.138. The number of amides is 1. The monoisotopic (exact) mass is 433 g/mol. The van der Waals surface area contributed by atoms with E-state index >= 15 is 0 Å². The summed E-state index contributed by atoms with van der Waals surface area (Å²) < 4.78 is 11.0. The summed E-state index contributed by atoms with van der Waals surface area (Å²) in [6.45, 7) is 3.39. The third-order valence-corrected chi connectivity index (χ3v) is 5.40. The molecule has 1 aliphatic heterocycles. The predicted octanol–water partition coefficient (Wildman–Crippen LogP) is 2.46. The first-order chi connectivity index (χ1) is 14.6. The Kier molecular flexibility index (Phi) is 8.24. The summed E-state index contributed by atoms with van der Waals surface area (Å²) in [5, 5.41) is 14.5. The second kappa shape index (κ2) is 11.1. The summed E-state index contributed by atoms with van der Waals surface area (Å²) >= 11 is 5.74. The van der Waals surface area contributed by atoms with Crippen LogP contribution >= 0.6 is 11.6 Å². The van der Waals surface area contributed by atoms with E-state index in [1.54, 1.807) is 32.4 Å². The lowest BCUT2D eigenvalue weighted by molar-refractivity contribution is 0.00637. The number of piperidine rings is 1. The molecule has 162 valence electrons. The van der Waals surface area contributed by atoms with Crippen molar-refractivity contribution >= 4 is 23.3 Å². The zero-order chi connectivity index (χ0) is 21.3. The molecule has 2 atom stereocenters. The Morgan fingerprint density at radius 3 is 2.80 bits per heavy atom. The molecule has 2 unspecified atom stereocenters. The van der Waals surface area contributed by atoms with Gasteiger partial charge in [-0.15, -0.1) is 10.2 Å². The molecule has 0 spiro atoms. The molecule has 8 nitrogen and oxygen atoms in total. The second-order valence-electron chi connectivity index (χ2n) is 7.17. The van der Waals surface area contributed by atoms with Gasteiger partial charge >= 0.3 is 0 Å². The van der Waals surface area contributed by atoms with Gasteiger partial charge in [-0.25, -0.2) is 0 Å². The van der Waals surface area contributed by atoms with E-state index in [4.69, 9.17) is 21.1 Å². The van der Waals surface area contributed by atoms with Crippen LogP contribution in [0.3, 0.4) is 0 Å². The number of carbonyl (C=O) groups is 1. The summed E-state index contributed by atoms with van der Waals surface area (Å²) in [5.74, 6) is 1.15. The number of benzene rings is 1. The van der Waals surface area contributed by atoms with Gasteiger partial charge in [0.05, 0.1) is 24.8 Å². The third-order valence-electron chi connectivity index (χ3n) is 5.20. The third kappa shape index (κ3) is 6.04. The van der Waals surface area contributed by atoms with Crippen LogP contribution in [0.2, 0.25) is 5.15 Å². The number of aromatic nitrogens is 2. The van der Waals surface area contributed by atoms with Gasteiger partial charge in [0.15, 0.2) is 5.15 Å². The van der Waals surface area contributed by atoms with Crippen LogP contribution in [0.4, 0.5) is 5.82 Å². The number of ether oxygens (including phenoxy) is 2. The maximum atomic E-state index is 12.7. The molecule has 0 radical (unpaired) electrons. The fourth-order valence-corrected chi connectivity index (χ4v) is 3.70. The van der Waals surface area contributed by atoms with Crippen LogP contribution in [0.1, 0.15) is 23.2 Å². The molecule has 1 fully saturated rings. The number of hydrogen-bond acceptors (Lipinski definition) is 7. The number of methoxy groups -OCH3 is 2. The van der Waals surface area contributed by atoms with Gasteiger partial charge in [-0.1, -0.05) is 23.7 Å². The van der Waals surface area contributed by atoms with Crippen molar-refractivity contribution < 1.29 is 14.3 Å². The van der Waals surface area contributed by atoms with Crippen molar-refractivity contribution in [2.45, 2.75) is 25.0 Å². The van der Waals surface area contributed by atoms with Crippen molar-refractivity contribution in [2.75, 3.05) is 45.7 Å². The Morgan fingerprint density at radius 2 is 2.07 bits per heavy atom. The highest BCUT2D eigenvalue weighted by atomic mass is 35.5. The van der Waals surface area contributed by atoms with Crippen LogP contribution in [0, 0.1) is 0 Å². The van der Waals surface area contributed by atoms with Crippen LogP contribution in [-0.2, 0) is 4.74 Å². The average Bonchev–Trinajstić information content (AvgIpc) is 2.78. The fraction of sp³-hybridized carbons (Fsp3) is 0.476. The van der Waals surface area contributed by atoms with E-state index in [1.165, 1.54) is 0 Å². The Bertz CT molecular complexity index is 821. The standard InChI is InChI=1S/C21H28ClN5O3/c1-29-17-7-4-3-6-15(17)21(28)24-16-10-13-27(14-18(16)30-2)12-5-11-23-20-9-8-19(22)25-26-20/h3-4,6-9,16,18H,5,10-14H2,1-2H3,(H,23,26)(H,24,28). The van der Waals surface area contributed by atoms with E-state index in [0.717, 1.165) is 39.0 Å². The van der Waals surface area contributed by atoms with Crippen LogP contribution in [0.15, 0.2) is 36.4 Å². The van der Waals surface area contributed by atoms with Gasteiger partial charge in [-0.05, 0) is 43.7 Å². The Balaban J connectivity index is 1.45. The molecular formula is C21H28ClN5O3. The van der Waals surface area contributed by atoms with Gasteiger partial charge in [-0.3, -0.25) is 4.79 Å². The molecule has 1 aromatic carbocycles. The summed E-state index contributed by atoms with van der Waals surface area (Å²) in [5.41, 5.74) is 0.536. The quantitative estimate of drug-likeness (QED) is 0.587. The number of nitrogens with zero attached hydrogens (tertiary/aromatic N) is 3. The van der Waals surface area contributed by atoms with E-state index in [-0.39, 0.29) is 18.1 Å². The second-order valence-corrected chi connectivity index (χ2v) is 7.55. The van der Waals surface area contributed by atoms with E-state index in [9.17, 15) is 4.79 Å². The maximum Gasteiger partial charge on any atom is 0.255 e. The lowest BCUT2D eigenvalue weighted by Gasteiger charge is -2.38. The summed E-state index contributed by atoms with van der Waals surface area (Å²) in [6.07, 6.45) is 1.72. The number of nitrogens with one attached hydrogen (secondary N) is 2. The zero-order valence-corrected chi connectivity index (χ0v) is 18.1. The number of para-hydroxylation sites is 1. The summed E-state index contributed by atoms with van der Waals surface area (Å²) in [7, 11) is 3.26. The highest BCUT2D eigenvalue weighted by Crippen LogP contribution is 2.19. The van der Waals surface area contributed by atoms with Gasteiger partial charge in [0.1, 0.15) is 11.6 Å². The molecule has 2 heterocycles. The lowest BCUT2D eigenvalue weighted by atomic mass is 10.0. The molecule has 0 aliphatic carbocycles. The van der Waals surface area contributed by atoms with Crippen molar-refractivity contribution in [3.05, 3.63) is 47.1 Å². The van der Waals surface area contributed by atoms with E-state index in [2.05, 4.69) is 25.7 Å². The summed E-state index contributed by atoms with van der Waals surface area (Å²) in [4.78, 5) is 15.1. The first-order valence-electron chi connectivity index (χ1n) is 10.0. The molecular weight excluding hydrogens is 406 g/mol. The molecule has 2 N–H and O–H groups in total. The Labute approximate surface area is 181 Å². The first kappa shape index (κ1) is 22.3. The Hall–Kier alpha value is -2.42. The SMILES string of the molecule is COc1ccccc1C(=O)NC1CCN(CCCNc2ccc(Cl)nn2)CC1OC. The van der Waals surface area contributed by atoms with Crippen LogP contribution < -0.4 is 15.4 Å². The van der Waals surface area contributed by atoms with E-state index in [1.807, 2.05) is 18.2 Å². The number of halogens is 1. The van der Waals surface area contributed by atoms with Crippen LogP contribution in [-0.4, -0.2) is 73.5 Å². The van der Waals surface area contributed by atoms with Crippen molar-refractivity contribution in [3.63, 3.8) is 0 Å². The maximum absolute atomic E-state index is 12.7. The number of hydrogen-bond donors (Lipinski definition) is 2. The van der Waals surface area contributed by atoms with E-state index < -0.39 is 0 Å². The van der Waals surface area contributed by atoms with Gasteiger partial charge in [0, 0.05) is 26.7 Å². The van der Waals surface area contributed by atoms with Gasteiger partial charge in [-0.2, -0.15) is 0 Å². The molecule has 1 saturated heterocycles. The number of rotatable bonds is 9. The molecule has 1 amide bonds. The predicted molar refractivity (Wildman–Crippen MR) is 116 cm³/mol. The molecule has 1 aliphatic rings. The van der Waals surface area contributed by atoms with Gasteiger partial charge in [0.25, 0.3) is 5.91 Å². The van der Waals surface area contributed by atoms with Gasteiger partial charge < -0.3 is 25.0 Å². The first-order valence-corrected chi connectivity index (χ1v) is 10.4. The fourth-order valence-electron chi connectivity index (χ4n) is 3.60. The number of anilines is 1. The number of likely N-dealkylation sites (tertiary alicyclic amines) is 1. The lowest BCUT2D eigenvalue weighted by Crippen LogP contribution is -2.55. The largest absolute Gasteiger partial charge is 0.496 e. The van der Waals surface area contributed by atoms with E-state index in [0.29, 0.717) is 22.3 Å². The molecule has 0 bridgehead atoms. The normalized spacial score (nSPS) is 19.3. The van der Waals surface area contributed by atoms with Crippen molar-refractivity contribution in [2.24, 2.45) is 0 Å². The highest BCUT2D eigenvalue weighted by Gasteiger charge is 2.30. The van der Waals surface area contributed by atoms with Crippen molar-refractivity contribution in [3.8, 4) is 5.75 Å².